The maximum atomic E-state index is 14.9. The zero-order chi connectivity index (χ0) is 33.5. The fourth-order valence-electron chi connectivity index (χ4n) is 6.51. The number of phenolic OH excluding ortho intramolecular Hbond substituents is 9. The van der Waals surface area contributed by atoms with Crippen LogP contribution in [0.3, 0.4) is 0 Å². The molecule has 1 spiro atoms. The average Bonchev–Trinajstić information content (AvgIpc) is 3.77. The summed E-state index contributed by atoms with van der Waals surface area (Å²) in [6.45, 7) is -1.17. The number of phenols is 9. The van der Waals surface area contributed by atoms with Gasteiger partial charge in [-0.15, -0.1) is 0 Å². The Morgan fingerprint density at radius 1 is 0.609 bits per heavy atom. The molecule has 4 heterocycles. The second-order valence-corrected chi connectivity index (χ2v) is 10.9. The Hall–Kier alpha value is -5.69. The average molecular weight is 644 g/mol. The largest absolute Gasteiger partial charge is 0.504 e. The van der Waals surface area contributed by atoms with Gasteiger partial charge < -0.3 is 75.5 Å². The topological polar surface area (TPSA) is 325 Å². The van der Waals surface area contributed by atoms with E-state index in [1.165, 1.54) is 0 Å². The van der Waals surface area contributed by atoms with Gasteiger partial charge in [-0.1, -0.05) is 0 Å². The molecule has 3 aromatic carbocycles. The highest BCUT2D eigenvalue weighted by atomic mass is 16.7. The Morgan fingerprint density at radius 3 is 1.76 bits per heavy atom. The van der Waals surface area contributed by atoms with Crippen LogP contribution in [-0.2, 0) is 14.2 Å². The molecule has 4 aliphatic heterocycles. The minimum absolute atomic E-state index is 0.485. The van der Waals surface area contributed by atoms with Gasteiger partial charge in [0.2, 0.25) is 23.0 Å². The van der Waals surface area contributed by atoms with Crippen molar-refractivity contribution in [2.75, 3.05) is 6.61 Å². The van der Waals surface area contributed by atoms with Gasteiger partial charge in [0.25, 0.3) is 0 Å². The molecule has 5 aliphatic rings. The number of Topliss-reactive ketones (excluding diaryl/α,β-unsaturated/α-hetero) is 1. The Morgan fingerprint density at radius 2 is 1.15 bits per heavy atom. The SMILES string of the molecule is O=C1OC(CO)C(O)C2OC23C(=O)c2c(c(O)c(O)c(O)c2-c2c(O)c(O)c(O)c4c2C(=O)OC3C4O)-c2c1cc(O)c(O)c2O. The molecule has 1 saturated heterocycles. The third-order valence-electron chi connectivity index (χ3n) is 8.70. The van der Waals surface area contributed by atoms with Crippen LogP contribution in [0, 0.1) is 0 Å². The van der Waals surface area contributed by atoms with Crippen molar-refractivity contribution in [3.05, 3.63) is 28.3 Å². The van der Waals surface area contributed by atoms with Crippen molar-refractivity contribution in [1.29, 1.82) is 0 Å². The third-order valence-corrected chi connectivity index (χ3v) is 8.70. The van der Waals surface area contributed by atoms with Crippen molar-refractivity contribution in [1.82, 2.24) is 0 Å². The van der Waals surface area contributed by atoms with Crippen LogP contribution in [-0.4, -0.2) is 116 Å². The van der Waals surface area contributed by atoms with Gasteiger partial charge in [0.1, 0.15) is 18.3 Å². The molecule has 12 N–H and O–H groups in total. The summed E-state index contributed by atoms with van der Waals surface area (Å²) >= 11 is 0. The fourth-order valence-corrected chi connectivity index (χ4v) is 6.51. The number of esters is 2. The molecule has 0 amide bonds. The van der Waals surface area contributed by atoms with Crippen LogP contribution in [0.4, 0.5) is 0 Å². The van der Waals surface area contributed by atoms with E-state index in [0.717, 1.165) is 0 Å². The Bertz CT molecular complexity index is 1980. The maximum Gasteiger partial charge on any atom is 0.339 e. The summed E-state index contributed by atoms with van der Waals surface area (Å²) in [5, 5.41) is 130. The molecule has 46 heavy (non-hydrogen) atoms. The number of hydrogen-bond donors (Lipinski definition) is 12. The number of hydrogen-bond acceptors (Lipinski definition) is 18. The normalized spacial score (nSPS) is 27.3. The van der Waals surface area contributed by atoms with Gasteiger partial charge in [0, 0.05) is 33.4 Å². The molecule has 8 rings (SSSR count). The first-order chi connectivity index (χ1) is 21.6. The van der Waals surface area contributed by atoms with E-state index in [9.17, 15) is 75.7 Å². The fraction of sp³-hybridized carbons (Fsp3) is 0.250. The van der Waals surface area contributed by atoms with Gasteiger partial charge in [-0.25, -0.2) is 9.59 Å². The number of ketones is 1. The first-order valence-electron chi connectivity index (χ1n) is 13.1. The Labute approximate surface area is 253 Å². The number of carbonyl (C=O) groups is 3. The molecule has 1 aliphatic carbocycles. The number of aliphatic hydroxyl groups is 3. The number of aliphatic hydroxyl groups excluding tert-OH is 3. The van der Waals surface area contributed by atoms with Crippen molar-refractivity contribution in [2.45, 2.75) is 36.1 Å². The van der Waals surface area contributed by atoms with E-state index in [2.05, 4.69) is 0 Å². The van der Waals surface area contributed by atoms with Crippen LogP contribution >= 0.6 is 0 Å². The van der Waals surface area contributed by atoms with E-state index < -0.39 is 157 Å². The van der Waals surface area contributed by atoms with Crippen molar-refractivity contribution in [3.63, 3.8) is 0 Å². The summed E-state index contributed by atoms with van der Waals surface area (Å²) in [4.78, 5) is 41.8. The standard InChI is InChI=1S/C28H20O18/c29-2-5-14(32)25-28(46-25)23(41)10-7(6-3(26(42)44-5)1-4(30)13(31)15(6)33)16(34)21(39)17(35)8(10)9-11-12(19(37)22(40)18(9)36)20(38)24(28)45-27(11)43/h1,5,14,20,24-25,29-40H,2H2. The van der Waals surface area contributed by atoms with Gasteiger partial charge in [-0.05, 0) is 6.07 Å². The third kappa shape index (κ3) is 3.19. The lowest BCUT2D eigenvalue weighted by Crippen LogP contribution is -2.52. The molecule has 6 unspecified atom stereocenters. The van der Waals surface area contributed by atoms with E-state index in [1.807, 2.05) is 0 Å². The number of ether oxygens (including phenoxy) is 3. The molecule has 18 nitrogen and oxygen atoms in total. The molecule has 6 atom stereocenters. The minimum atomic E-state index is -2.81. The lowest BCUT2D eigenvalue weighted by molar-refractivity contribution is -0.0588. The van der Waals surface area contributed by atoms with Gasteiger partial charge in [-0.2, -0.15) is 0 Å². The van der Waals surface area contributed by atoms with Crippen LogP contribution < -0.4 is 0 Å². The maximum absolute atomic E-state index is 14.9. The van der Waals surface area contributed by atoms with Crippen LogP contribution in [0.15, 0.2) is 6.07 Å². The first kappa shape index (κ1) is 29.0. The summed E-state index contributed by atoms with van der Waals surface area (Å²) in [6.07, 6.45) is -10.7. The summed E-state index contributed by atoms with van der Waals surface area (Å²) in [6, 6.07) is 0.485. The van der Waals surface area contributed by atoms with E-state index >= 15 is 0 Å². The number of aromatic hydroxyl groups is 9. The van der Waals surface area contributed by atoms with Crippen molar-refractivity contribution < 1.29 is 89.9 Å². The van der Waals surface area contributed by atoms with E-state index in [0.29, 0.717) is 6.07 Å². The summed E-state index contributed by atoms with van der Waals surface area (Å²) in [5.41, 5.74) is -11.2. The number of fused-ring (bicyclic) bond motifs is 3. The summed E-state index contributed by atoms with van der Waals surface area (Å²) < 4.78 is 16.1. The molecular weight excluding hydrogens is 624 g/mol. The number of carbonyl (C=O) groups excluding carboxylic acids is 3. The van der Waals surface area contributed by atoms with Gasteiger partial charge >= 0.3 is 11.9 Å². The zero-order valence-electron chi connectivity index (χ0n) is 22.5. The quantitative estimate of drug-likeness (QED) is 0.0873. The molecule has 0 radical (unpaired) electrons. The lowest BCUT2D eigenvalue weighted by Gasteiger charge is -2.34. The number of epoxide rings is 1. The van der Waals surface area contributed by atoms with E-state index in [4.69, 9.17) is 14.2 Å². The highest BCUT2D eigenvalue weighted by Gasteiger charge is 2.75. The molecule has 240 valence electrons. The van der Waals surface area contributed by atoms with Gasteiger partial charge in [0.05, 0.1) is 17.7 Å². The molecule has 6 bridgehead atoms. The van der Waals surface area contributed by atoms with Crippen molar-refractivity contribution >= 4 is 17.7 Å². The van der Waals surface area contributed by atoms with Crippen LogP contribution in [0.2, 0.25) is 0 Å². The van der Waals surface area contributed by atoms with Crippen molar-refractivity contribution in [3.8, 4) is 74.0 Å². The van der Waals surface area contributed by atoms with E-state index in [1.54, 1.807) is 0 Å². The number of rotatable bonds is 1. The zero-order valence-corrected chi connectivity index (χ0v) is 22.5. The summed E-state index contributed by atoms with van der Waals surface area (Å²) in [7, 11) is 0. The number of benzene rings is 3. The summed E-state index contributed by atoms with van der Waals surface area (Å²) in [5.74, 6) is -17.2. The van der Waals surface area contributed by atoms with Gasteiger partial charge in [0.15, 0.2) is 52.3 Å². The Kier molecular flexibility index (Phi) is 5.65. The van der Waals surface area contributed by atoms with Crippen LogP contribution in [0.25, 0.3) is 22.3 Å². The van der Waals surface area contributed by atoms with E-state index in [-0.39, 0.29) is 0 Å². The smallest absolute Gasteiger partial charge is 0.339 e. The highest BCUT2D eigenvalue weighted by molar-refractivity contribution is 6.21. The molecule has 0 aromatic heterocycles. The molecular formula is C28H20O18. The monoisotopic (exact) mass is 644 g/mol. The minimum Gasteiger partial charge on any atom is -0.504 e. The molecule has 3 aromatic rings. The lowest BCUT2D eigenvalue weighted by atomic mass is 9.78. The van der Waals surface area contributed by atoms with Crippen molar-refractivity contribution in [2.24, 2.45) is 0 Å². The first-order valence-corrected chi connectivity index (χ1v) is 13.1. The highest BCUT2D eigenvalue weighted by Crippen LogP contribution is 2.65. The second-order valence-electron chi connectivity index (χ2n) is 10.9. The molecule has 18 heteroatoms. The predicted molar refractivity (Wildman–Crippen MR) is 141 cm³/mol. The van der Waals surface area contributed by atoms with Gasteiger partial charge in [-0.3, -0.25) is 4.79 Å². The molecule has 1 fully saturated rings. The molecule has 0 saturated carbocycles. The van der Waals surface area contributed by atoms with Crippen LogP contribution in [0.1, 0.15) is 42.7 Å². The number of cyclic esters (lactones) is 1. The predicted octanol–water partition coefficient (Wildman–Crippen LogP) is -0.831. The second kappa shape index (κ2) is 8.95. The van der Waals surface area contributed by atoms with Crippen LogP contribution in [0.5, 0.6) is 51.7 Å². The Balaban J connectivity index is 1.78.